The molecule has 0 aliphatic heterocycles. The lowest BCUT2D eigenvalue weighted by Crippen LogP contribution is -2.34. The summed E-state index contributed by atoms with van der Waals surface area (Å²) in [6.45, 7) is 1.50. The van der Waals surface area contributed by atoms with Crippen molar-refractivity contribution in [3.63, 3.8) is 0 Å². The predicted octanol–water partition coefficient (Wildman–Crippen LogP) is 3.53. The molecule has 1 aliphatic carbocycles. The van der Waals surface area contributed by atoms with Crippen molar-refractivity contribution in [3.8, 4) is 6.07 Å². The normalized spacial score (nSPS) is 13.5. The number of nitrogens with one attached hydrogen (secondary N) is 1. The standard InChI is InChI=1S/C20H21N3OS/c1-23(16-10-11-16)13-12-22-20(24)17-7-3-5-9-19(17)25-18-8-4-2-6-15(18)14-21/h2-9,16H,10-13H2,1H3,(H,22,24). The Kier molecular flexibility index (Phi) is 5.75. The Morgan fingerprint density at radius 3 is 2.60 bits per heavy atom. The third-order valence-corrected chi connectivity index (χ3v) is 5.43. The molecule has 0 bridgehead atoms. The number of amides is 1. The number of hydrogen-bond donors (Lipinski definition) is 1. The molecule has 1 saturated carbocycles. The van der Waals surface area contributed by atoms with Gasteiger partial charge in [0.05, 0.1) is 11.1 Å². The SMILES string of the molecule is CN(CCNC(=O)c1ccccc1Sc1ccccc1C#N)C1CC1. The fraction of sp³-hybridized carbons (Fsp3) is 0.300. The van der Waals surface area contributed by atoms with Crippen molar-refractivity contribution in [2.24, 2.45) is 0 Å². The molecule has 0 heterocycles. The fourth-order valence-electron chi connectivity index (χ4n) is 2.65. The zero-order valence-corrected chi connectivity index (χ0v) is 15.1. The van der Waals surface area contributed by atoms with Gasteiger partial charge < -0.3 is 10.2 Å². The van der Waals surface area contributed by atoms with Gasteiger partial charge in [0.25, 0.3) is 5.91 Å². The maximum absolute atomic E-state index is 12.6. The summed E-state index contributed by atoms with van der Waals surface area (Å²) >= 11 is 1.45. The van der Waals surface area contributed by atoms with Gasteiger partial charge in [-0.05, 0) is 44.2 Å². The second-order valence-electron chi connectivity index (χ2n) is 6.17. The van der Waals surface area contributed by atoms with Gasteiger partial charge in [0, 0.05) is 28.9 Å². The maximum Gasteiger partial charge on any atom is 0.252 e. The molecule has 1 N–H and O–H groups in total. The van der Waals surface area contributed by atoms with Crippen LogP contribution in [0.5, 0.6) is 0 Å². The highest BCUT2D eigenvalue weighted by atomic mass is 32.2. The lowest BCUT2D eigenvalue weighted by molar-refractivity contribution is 0.0946. The summed E-state index contributed by atoms with van der Waals surface area (Å²) in [5, 5.41) is 12.3. The average molecular weight is 351 g/mol. The van der Waals surface area contributed by atoms with E-state index >= 15 is 0 Å². The van der Waals surface area contributed by atoms with E-state index in [2.05, 4.69) is 23.3 Å². The number of nitriles is 1. The van der Waals surface area contributed by atoms with Crippen molar-refractivity contribution in [2.75, 3.05) is 20.1 Å². The summed E-state index contributed by atoms with van der Waals surface area (Å²) < 4.78 is 0. The smallest absolute Gasteiger partial charge is 0.252 e. The summed E-state index contributed by atoms with van der Waals surface area (Å²) in [6, 6.07) is 17.9. The topological polar surface area (TPSA) is 56.1 Å². The Balaban J connectivity index is 1.67. The minimum absolute atomic E-state index is 0.0678. The van der Waals surface area contributed by atoms with E-state index in [0.29, 0.717) is 23.7 Å². The molecule has 0 radical (unpaired) electrons. The second-order valence-corrected chi connectivity index (χ2v) is 7.26. The maximum atomic E-state index is 12.6. The van der Waals surface area contributed by atoms with E-state index in [-0.39, 0.29) is 5.91 Å². The molecule has 0 atom stereocenters. The van der Waals surface area contributed by atoms with Gasteiger partial charge in [-0.1, -0.05) is 36.0 Å². The van der Waals surface area contributed by atoms with Crippen molar-refractivity contribution in [3.05, 3.63) is 59.7 Å². The minimum Gasteiger partial charge on any atom is -0.351 e. The first-order valence-corrected chi connectivity index (χ1v) is 9.25. The lowest BCUT2D eigenvalue weighted by atomic mass is 10.2. The zero-order valence-electron chi connectivity index (χ0n) is 14.2. The summed E-state index contributed by atoms with van der Waals surface area (Å²) in [6.07, 6.45) is 2.53. The number of likely N-dealkylation sites (N-methyl/N-ethyl adjacent to an activating group) is 1. The van der Waals surface area contributed by atoms with Crippen LogP contribution in [0.4, 0.5) is 0 Å². The van der Waals surface area contributed by atoms with Gasteiger partial charge in [-0.3, -0.25) is 4.79 Å². The summed E-state index contributed by atoms with van der Waals surface area (Å²) in [7, 11) is 2.10. The summed E-state index contributed by atoms with van der Waals surface area (Å²) in [5.41, 5.74) is 1.27. The number of hydrogen-bond acceptors (Lipinski definition) is 4. The average Bonchev–Trinajstić information content (AvgIpc) is 3.47. The van der Waals surface area contributed by atoms with Crippen molar-refractivity contribution >= 4 is 17.7 Å². The van der Waals surface area contributed by atoms with Crippen LogP contribution in [-0.4, -0.2) is 37.0 Å². The first-order valence-electron chi connectivity index (χ1n) is 8.43. The first-order chi connectivity index (χ1) is 12.2. The second kappa shape index (κ2) is 8.19. The van der Waals surface area contributed by atoms with E-state index in [0.717, 1.165) is 16.3 Å². The molecule has 4 nitrogen and oxygen atoms in total. The molecular formula is C20H21N3OS. The molecule has 1 fully saturated rings. The molecule has 2 aromatic rings. The summed E-state index contributed by atoms with van der Waals surface area (Å²) in [5.74, 6) is -0.0678. The number of carbonyl (C=O) groups is 1. The fourth-order valence-corrected chi connectivity index (χ4v) is 3.67. The largest absolute Gasteiger partial charge is 0.351 e. The van der Waals surface area contributed by atoms with Crippen LogP contribution in [0.1, 0.15) is 28.8 Å². The molecule has 1 aliphatic rings. The Morgan fingerprint density at radius 1 is 1.20 bits per heavy atom. The molecule has 3 rings (SSSR count). The number of benzene rings is 2. The Labute approximate surface area is 152 Å². The van der Waals surface area contributed by atoms with Crippen LogP contribution in [0.25, 0.3) is 0 Å². The van der Waals surface area contributed by atoms with Crippen LogP contribution in [0.15, 0.2) is 58.3 Å². The number of carbonyl (C=O) groups excluding carboxylic acids is 1. The highest BCUT2D eigenvalue weighted by Gasteiger charge is 2.25. The van der Waals surface area contributed by atoms with Crippen LogP contribution in [0, 0.1) is 11.3 Å². The van der Waals surface area contributed by atoms with Crippen LogP contribution in [-0.2, 0) is 0 Å². The van der Waals surface area contributed by atoms with E-state index < -0.39 is 0 Å². The van der Waals surface area contributed by atoms with Gasteiger partial charge in [-0.2, -0.15) is 5.26 Å². The van der Waals surface area contributed by atoms with Crippen LogP contribution >= 0.6 is 11.8 Å². The molecule has 128 valence electrons. The van der Waals surface area contributed by atoms with Crippen molar-refractivity contribution in [1.29, 1.82) is 5.26 Å². The van der Waals surface area contributed by atoms with Gasteiger partial charge in [-0.25, -0.2) is 0 Å². The van der Waals surface area contributed by atoms with Crippen LogP contribution in [0.2, 0.25) is 0 Å². The van der Waals surface area contributed by atoms with Crippen LogP contribution in [0.3, 0.4) is 0 Å². The minimum atomic E-state index is -0.0678. The van der Waals surface area contributed by atoms with E-state index in [1.54, 1.807) is 6.07 Å². The molecule has 0 spiro atoms. The van der Waals surface area contributed by atoms with E-state index in [4.69, 9.17) is 0 Å². The highest BCUT2D eigenvalue weighted by Crippen LogP contribution is 2.32. The van der Waals surface area contributed by atoms with Gasteiger partial charge in [0.1, 0.15) is 6.07 Å². The van der Waals surface area contributed by atoms with E-state index in [1.807, 2.05) is 42.5 Å². The van der Waals surface area contributed by atoms with Gasteiger partial charge in [0.15, 0.2) is 0 Å². The third kappa shape index (κ3) is 4.62. The molecule has 0 saturated heterocycles. The molecule has 25 heavy (non-hydrogen) atoms. The molecule has 0 aromatic heterocycles. The van der Waals surface area contributed by atoms with E-state index in [1.165, 1.54) is 24.6 Å². The zero-order chi connectivity index (χ0) is 17.6. The molecule has 5 heteroatoms. The highest BCUT2D eigenvalue weighted by molar-refractivity contribution is 7.99. The molecule has 1 amide bonds. The van der Waals surface area contributed by atoms with Crippen molar-refractivity contribution in [2.45, 2.75) is 28.7 Å². The lowest BCUT2D eigenvalue weighted by Gasteiger charge is -2.16. The Morgan fingerprint density at radius 2 is 1.88 bits per heavy atom. The number of nitrogens with zero attached hydrogens (tertiary/aromatic N) is 2. The van der Waals surface area contributed by atoms with Gasteiger partial charge >= 0.3 is 0 Å². The van der Waals surface area contributed by atoms with Crippen molar-refractivity contribution in [1.82, 2.24) is 10.2 Å². The number of rotatable bonds is 7. The van der Waals surface area contributed by atoms with E-state index in [9.17, 15) is 10.1 Å². The molecule has 0 unspecified atom stereocenters. The Hall–Kier alpha value is -2.29. The predicted molar refractivity (Wildman–Crippen MR) is 99.7 cm³/mol. The molecular weight excluding hydrogens is 330 g/mol. The third-order valence-electron chi connectivity index (χ3n) is 4.28. The van der Waals surface area contributed by atoms with Crippen LogP contribution < -0.4 is 5.32 Å². The van der Waals surface area contributed by atoms with Gasteiger partial charge in [-0.15, -0.1) is 0 Å². The summed E-state index contributed by atoms with van der Waals surface area (Å²) in [4.78, 5) is 16.6. The van der Waals surface area contributed by atoms with Crippen molar-refractivity contribution < 1.29 is 4.79 Å². The first kappa shape index (κ1) is 17.5. The van der Waals surface area contributed by atoms with Gasteiger partial charge in [0.2, 0.25) is 0 Å². The quantitative estimate of drug-likeness (QED) is 0.829. The monoisotopic (exact) mass is 351 g/mol. The Bertz CT molecular complexity index is 796. The molecule has 2 aromatic carbocycles.